The molecule has 1 aliphatic rings. The fraction of sp³-hybridized carbons (Fsp3) is 0.0833. The lowest BCUT2D eigenvalue weighted by molar-refractivity contribution is -0.132. The van der Waals surface area contributed by atoms with E-state index in [2.05, 4.69) is 0 Å². The Labute approximate surface area is 171 Å². The molecule has 1 aliphatic heterocycles. The number of hydrogen-bond donors (Lipinski definition) is 1. The van der Waals surface area contributed by atoms with Crippen molar-refractivity contribution in [1.82, 2.24) is 0 Å². The summed E-state index contributed by atoms with van der Waals surface area (Å²) in [6, 6.07) is 16.8. The predicted octanol–water partition coefficient (Wildman–Crippen LogP) is 4.90. The van der Waals surface area contributed by atoms with E-state index in [0.717, 1.165) is 28.7 Å². The third kappa shape index (κ3) is 3.26. The fourth-order valence-electron chi connectivity index (χ4n) is 3.57. The van der Waals surface area contributed by atoms with Crippen LogP contribution in [-0.2, 0) is 9.59 Å². The van der Waals surface area contributed by atoms with Crippen LogP contribution in [0.4, 0.5) is 14.5 Å². The number of aryl methyl sites for hydroxylation is 1. The number of anilines is 1. The van der Waals surface area contributed by atoms with Crippen LogP contribution in [0.2, 0.25) is 0 Å². The molecular weight excluding hydrogens is 388 g/mol. The van der Waals surface area contributed by atoms with Crippen molar-refractivity contribution in [3.8, 4) is 0 Å². The van der Waals surface area contributed by atoms with Gasteiger partial charge in [0.25, 0.3) is 11.7 Å². The third-order valence-corrected chi connectivity index (χ3v) is 5.05. The van der Waals surface area contributed by atoms with Crippen molar-refractivity contribution in [3.05, 3.63) is 107 Å². The van der Waals surface area contributed by atoms with E-state index in [4.69, 9.17) is 0 Å². The van der Waals surface area contributed by atoms with E-state index in [0.29, 0.717) is 11.1 Å². The van der Waals surface area contributed by atoms with Crippen LogP contribution in [0, 0.1) is 18.6 Å². The van der Waals surface area contributed by atoms with Crippen molar-refractivity contribution in [1.29, 1.82) is 0 Å². The normalized spacial score (nSPS) is 18.1. The summed E-state index contributed by atoms with van der Waals surface area (Å²) in [5, 5.41) is 10.9. The topological polar surface area (TPSA) is 57.6 Å². The highest BCUT2D eigenvalue weighted by atomic mass is 19.1. The lowest BCUT2D eigenvalue weighted by Crippen LogP contribution is -2.30. The second-order valence-electron chi connectivity index (χ2n) is 7.04. The number of nitrogens with zero attached hydrogens (tertiary/aromatic N) is 1. The zero-order valence-corrected chi connectivity index (χ0v) is 16.0. The Balaban J connectivity index is 1.97. The minimum absolute atomic E-state index is 0.182. The Morgan fingerprint density at radius 3 is 2.27 bits per heavy atom. The van der Waals surface area contributed by atoms with Gasteiger partial charge in [-0.25, -0.2) is 8.78 Å². The first kappa shape index (κ1) is 19.5. The highest BCUT2D eigenvalue weighted by Gasteiger charge is 2.47. The summed E-state index contributed by atoms with van der Waals surface area (Å²) < 4.78 is 28.4. The van der Waals surface area contributed by atoms with Crippen LogP contribution >= 0.6 is 0 Å². The molecule has 3 aromatic rings. The SMILES string of the molecule is Cc1ccc(/C(O)=C2\C(=O)C(=O)N(c3cc(F)ccc3F)C2c2ccccc2)cc1. The summed E-state index contributed by atoms with van der Waals surface area (Å²) in [6.07, 6.45) is 0. The molecule has 0 aliphatic carbocycles. The van der Waals surface area contributed by atoms with Crippen LogP contribution in [0.3, 0.4) is 0 Å². The molecule has 4 nitrogen and oxygen atoms in total. The summed E-state index contributed by atoms with van der Waals surface area (Å²) in [5.74, 6) is -3.98. The number of carbonyl (C=O) groups is 2. The number of halogens is 2. The molecule has 3 aromatic carbocycles. The zero-order chi connectivity index (χ0) is 21.4. The average molecular weight is 405 g/mol. The zero-order valence-electron chi connectivity index (χ0n) is 16.0. The molecule has 0 radical (unpaired) electrons. The molecule has 1 unspecified atom stereocenters. The maximum Gasteiger partial charge on any atom is 0.300 e. The van der Waals surface area contributed by atoms with E-state index in [1.807, 2.05) is 6.92 Å². The van der Waals surface area contributed by atoms with Crippen LogP contribution in [0.1, 0.15) is 22.7 Å². The standard InChI is InChI=1S/C24H17F2NO3/c1-14-7-9-16(10-8-14)22(28)20-21(15-5-3-2-4-6-15)27(24(30)23(20)29)19-13-17(25)11-12-18(19)26/h2-13,21,28H,1H3/b22-20+. The molecule has 0 bridgehead atoms. The maximum absolute atomic E-state index is 14.6. The summed E-state index contributed by atoms with van der Waals surface area (Å²) in [4.78, 5) is 26.7. The molecule has 150 valence electrons. The van der Waals surface area contributed by atoms with Gasteiger partial charge < -0.3 is 5.11 Å². The Hall–Kier alpha value is -3.80. The molecule has 30 heavy (non-hydrogen) atoms. The number of hydrogen-bond acceptors (Lipinski definition) is 3. The van der Waals surface area contributed by atoms with Crippen LogP contribution in [-0.4, -0.2) is 16.8 Å². The first-order valence-electron chi connectivity index (χ1n) is 9.26. The van der Waals surface area contributed by atoms with Gasteiger partial charge in [0.15, 0.2) is 0 Å². The van der Waals surface area contributed by atoms with Gasteiger partial charge in [0, 0.05) is 11.6 Å². The summed E-state index contributed by atoms with van der Waals surface area (Å²) in [7, 11) is 0. The molecule has 1 N–H and O–H groups in total. The summed E-state index contributed by atoms with van der Waals surface area (Å²) in [5.41, 5.74) is 1.23. The minimum atomic E-state index is -1.11. The number of carbonyl (C=O) groups excluding carboxylic acids is 2. The van der Waals surface area contributed by atoms with E-state index in [9.17, 15) is 23.5 Å². The maximum atomic E-state index is 14.6. The molecule has 0 aromatic heterocycles. The molecular formula is C24H17F2NO3. The van der Waals surface area contributed by atoms with E-state index in [-0.39, 0.29) is 17.0 Å². The largest absolute Gasteiger partial charge is 0.507 e. The first-order chi connectivity index (χ1) is 14.4. The van der Waals surface area contributed by atoms with E-state index >= 15 is 0 Å². The lowest BCUT2D eigenvalue weighted by atomic mass is 9.95. The number of Topliss-reactive ketones (excluding diaryl/α,β-unsaturated/α-hetero) is 1. The quantitative estimate of drug-likeness (QED) is 0.383. The van der Waals surface area contributed by atoms with Gasteiger partial charge >= 0.3 is 0 Å². The van der Waals surface area contributed by atoms with Gasteiger partial charge in [0.2, 0.25) is 0 Å². The van der Waals surface area contributed by atoms with Crippen LogP contribution < -0.4 is 4.90 Å². The molecule has 1 atom stereocenters. The van der Waals surface area contributed by atoms with Crippen molar-refractivity contribution in [2.45, 2.75) is 13.0 Å². The van der Waals surface area contributed by atoms with E-state index in [1.54, 1.807) is 54.6 Å². The molecule has 6 heteroatoms. The highest BCUT2D eigenvalue weighted by Crippen LogP contribution is 2.42. The molecule has 4 rings (SSSR count). The Kier molecular flexibility index (Phi) is 4.91. The van der Waals surface area contributed by atoms with Crippen molar-refractivity contribution in [3.63, 3.8) is 0 Å². The van der Waals surface area contributed by atoms with Gasteiger partial charge in [0.05, 0.1) is 17.3 Å². The van der Waals surface area contributed by atoms with Gasteiger partial charge in [-0.3, -0.25) is 14.5 Å². The molecule has 0 saturated carbocycles. The smallest absolute Gasteiger partial charge is 0.300 e. The van der Waals surface area contributed by atoms with Gasteiger partial charge in [-0.15, -0.1) is 0 Å². The number of rotatable bonds is 3. The molecule has 1 amide bonds. The van der Waals surface area contributed by atoms with Gasteiger partial charge in [-0.05, 0) is 24.6 Å². The second kappa shape index (κ2) is 7.55. The Morgan fingerprint density at radius 1 is 0.933 bits per heavy atom. The number of benzene rings is 3. The van der Waals surface area contributed by atoms with Gasteiger partial charge in [-0.1, -0.05) is 60.2 Å². The van der Waals surface area contributed by atoms with Crippen LogP contribution in [0.15, 0.2) is 78.4 Å². The highest BCUT2D eigenvalue weighted by molar-refractivity contribution is 6.51. The summed E-state index contributed by atoms with van der Waals surface area (Å²) in [6.45, 7) is 1.87. The number of aliphatic hydroxyl groups excluding tert-OH is 1. The van der Waals surface area contributed by atoms with Gasteiger partial charge in [-0.2, -0.15) is 0 Å². The van der Waals surface area contributed by atoms with Crippen molar-refractivity contribution in [2.75, 3.05) is 4.90 Å². The molecule has 0 spiro atoms. The average Bonchev–Trinajstić information content (AvgIpc) is 3.01. The Bertz CT molecular complexity index is 1170. The number of amides is 1. The van der Waals surface area contributed by atoms with Crippen molar-refractivity contribution >= 4 is 23.1 Å². The van der Waals surface area contributed by atoms with Crippen LogP contribution in [0.25, 0.3) is 5.76 Å². The third-order valence-electron chi connectivity index (χ3n) is 5.05. The van der Waals surface area contributed by atoms with Crippen molar-refractivity contribution < 1.29 is 23.5 Å². The second-order valence-corrected chi connectivity index (χ2v) is 7.04. The van der Waals surface area contributed by atoms with Gasteiger partial charge in [0.1, 0.15) is 17.4 Å². The van der Waals surface area contributed by atoms with Crippen LogP contribution in [0.5, 0.6) is 0 Å². The van der Waals surface area contributed by atoms with Crippen molar-refractivity contribution in [2.24, 2.45) is 0 Å². The lowest BCUT2D eigenvalue weighted by Gasteiger charge is -2.25. The minimum Gasteiger partial charge on any atom is -0.507 e. The molecule has 1 fully saturated rings. The van der Waals surface area contributed by atoms with E-state index in [1.165, 1.54) is 0 Å². The Morgan fingerprint density at radius 2 is 1.60 bits per heavy atom. The number of ketones is 1. The monoisotopic (exact) mass is 405 g/mol. The predicted molar refractivity (Wildman–Crippen MR) is 109 cm³/mol. The first-order valence-corrected chi connectivity index (χ1v) is 9.26. The fourth-order valence-corrected chi connectivity index (χ4v) is 3.57. The van der Waals surface area contributed by atoms with E-state index < -0.39 is 29.4 Å². The summed E-state index contributed by atoms with van der Waals surface area (Å²) >= 11 is 0. The number of aliphatic hydroxyl groups is 1. The molecule has 1 heterocycles. The molecule has 1 saturated heterocycles.